The van der Waals surface area contributed by atoms with Gasteiger partial charge in [-0.3, -0.25) is 0 Å². The maximum absolute atomic E-state index is 3.96. The van der Waals surface area contributed by atoms with Crippen LogP contribution in [0.15, 0.2) is 0 Å². The number of rotatable bonds is 2. The molecule has 0 amide bonds. The third kappa shape index (κ3) is 4.22. The van der Waals surface area contributed by atoms with Gasteiger partial charge in [0.15, 0.2) is 0 Å². The third-order valence-electron chi connectivity index (χ3n) is 0.408. The molecular formula is C4H9S+. The van der Waals surface area contributed by atoms with E-state index in [1.54, 1.807) is 0 Å². The molecule has 0 saturated carbocycles. The highest BCUT2D eigenvalue weighted by molar-refractivity contribution is 7.80. The van der Waals surface area contributed by atoms with Crippen molar-refractivity contribution in [2.75, 3.05) is 5.75 Å². The van der Waals surface area contributed by atoms with Crippen molar-refractivity contribution < 1.29 is 0 Å². The second-order valence-electron chi connectivity index (χ2n) is 0.931. The zero-order valence-corrected chi connectivity index (χ0v) is 4.17. The first-order chi connectivity index (χ1) is 2.41. The van der Waals surface area contributed by atoms with E-state index >= 15 is 0 Å². The molecule has 0 N–H and O–H groups in total. The van der Waals surface area contributed by atoms with Crippen LogP contribution < -0.4 is 0 Å². The summed E-state index contributed by atoms with van der Waals surface area (Å²) in [4.78, 5) is 0. The van der Waals surface area contributed by atoms with Crippen LogP contribution in [0.25, 0.3) is 0 Å². The Kier molecular flexibility index (Phi) is 4.41. The van der Waals surface area contributed by atoms with Gasteiger partial charge >= 0.3 is 0 Å². The molecule has 0 aliphatic carbocycles. The van der Waals surface area contributed by atoms with Crippen molar-refractivity contribution in [2.45, 2.75) is 12.8 Å². The van der Waals surface area contributed by atoms with E-state index in [4.69, 9.17) is 0 Å². The predicted octanol–water partition coefficient (Wildman–Crippen LogP) is 1.53. The molecular weight excluding hydrogens is 80.1 g/mol. The topological polar surface area (TPSA) is 0 Å². The lowest BCUT2D eigenvalue weighted by molar-refractivity contribution is 0.973. The molecule has 0 aromatic carbocycles. The highest BCUT2D eigenvalue weighted by Gasteiger charge is 1.75. The molecule has 5 heavy (non-hydrogen) atoms. The normalized spacial score (nSPS) is 8.20. The lowest BCUT2D eigenvalue weighted by atomic mass is 10.4. The van der Waals surface area contributed by atoms with Gasteiger partial charge in [0, 0.05) is 0 Å². The van der Waals surface area contributed by atoms with Gasteiger partial charge in [-0.05, 0) is 12.2 Å². The fourth-order valence-corrected chi connectivity index (χ4v) is 0.335. The monoisotopic (exact) mass is 89.0 g/mol. The largest absolute Gasteiger partial charge is 0.179 e. The first-order valence-electron chi connectivity index (χ1n) is 1.82. The molecule has 0 spiro atoms. The molecule has 30 valence electrons. The maximum Gasteiger partial charge on any atom is 0.0858 e. The van der Waals surface area contributed by atoms with E-state index in [0.29, 0.717) is 0 Å². The van der Waals surface area contributed by atoms with Gasteiger partial charge < -0.3 is 0 Å². The average molecular weight is 89.2 g/mol. The Bertz CT molecular complexity index is 11.1. The van der Waals surface area contributed by atoms with E-state index in [1.807, 2.05) is 0 Å². The minimum Gasteiger partial charge on any atom is -0.179 e. The summed E-state index contributed by atoms with van der Waals surface area (Å²) in [5.74, 6) is 0.976. The highest BCUT2D eigenvalue weighted by Crippen LogP contribution is 1.85. The summed E-state index contributed by atoms with van der Waals surface area (Å²) < 4.78 is 0. The van der Waals surface area contributed by atoms with Crippen molar-refractivity contribution in [3.05, 3.63) is 6.92 Å². The lowest BCUT2D eigenvalue weighted by Gasteiger charge is -1.73. The summed E-state index contributed by atoms with van der Waals surface area (Å²) in [6.07, 6.45) is 2.16. The van der Waals surface area contributed by atoms with E-state index in [0.717, 1.165) is 18.6 Å². The van der Waals surface area contributed by atoms with Gasteiger partial charge in [0.2, 0.25) is 0 Å². The van der Waals surface area contributed by atoms with Crippen LogP contribution in [0.2, 0.25) is 0 Å². The van der Waals surface area contributed by atoms with Crippen LogP contribution in [0.1, 0.15) is 12.8 Å². The molecule has 0 rings (SSSR count). The van der Waals surface area contributed by atoms with Crippen LogP contribution in [0.3, 0.4) is 0 Å². The van der Waals surface area contributed by atoms with Crippen LogP contribution in [0.5, 0.6) is 0 Å². The second-order valence-corrected chi connectivity index (χ2v) is 1.38. The Balaban J connectivity index is 2.19. The number of thiol groups is 1. The Hall–Kier alpha value is 0.220. The van der Waals surface area contributed by atoms with Crippen molar-refractivity contribution in [2.24, 2.45) is 0 Å². The number of hydrogen-bond donors (Lipinski definition) is 1. The van der Waals surface area contributed by atoms with Crippen LogP contribution in [-0.2, 0) is 0 Å². The summed E-state index contributed by atoms with van der Waals surface area (Å²) in [6, 6.07) is 0. The van der Waals surface area contributed by atoms with Gasteiger partial charge in [0.05, 0.1) is 13.3 Å². The minimum atomic E-state index is 0.976. The standard InChI is InChI=1S/C4H8S/c1-2-3-4-5/h1-4H2/p+1. The van der Waals surface area contributed by atoms with Gasteiger partial charge in [-0.25, -0.2) is 0 Å². The Morgan fingerprint density at radius 1 is 1.60 bits per heavy atom. The molecule has 0 aliphatic heterocycles. The first-order valence-corrected chi connectivity index (χ1v) is 2.45. The van der Waals surface area contributed by atoms with Crippen LogP contribution >= 0.6 is 12.6 Å². The molecule has 0 bridgehead atoms. The van der Waals surface area contributed by atoms with Gasteiger partial charge in [0.1, 0.15) is 0 Å². The van der Waals surface area contributed by atoms with Crippen molar-refractivity contribution in [3.63, 3.8) is 0 Å². The Morgan fingerprint density at radius 3 is 2.20 bits per heavy atom. The minimum absolute atomic E-state index is 0.976. The van der Waals surface area contributed by atoms with E-state index < -0.39 is 0 Å². The van der Waals surface area contributed by atoms with Crippen LogP contribution in [-0.4, -0.2) is 5.75 Å². The smallest absolute Gasteiger partial charge is 0.0858 e. The third-order valence-corrected chi connectivity index (χ3v) is 0.724. The van der Waals surface area contributed by atoms with Crippen molar-refractivity contribution in [1.29, 1.82) is 0 Å². The molecule has 0 saturated heterocycles. The first kappa shape index (κ1) is 5.22. The average Bonchev–Trinajstić information content (AvgIpc) is 1.41. The zero-order valence-electron chi connectivity index (χ0n) is 3.28. The van der Waals surface area contributed by atoms with Crippen molar-refractivity contribution >= 4 is 12.6 Å². The molecule has 0 nitrogen and oxygen atoms in total. The Morgan fingerprint density at radius 2 is 2.20 bits per heavy atom. The molecule has 0 aromatic heterocycles. The molecule has 0 heterocycles. The zero-order chi connectivity index (χ0) is 4.12. The van der Waals surface area contributed by atoms with E-state index in [1.165, 1.54) is 0 Å². The molecule has 0 radical (unpaired) electrons. The Labute approximate surface area is 39.0 Å². The molecule has 0 atom stereocenters. The SMILES string of the molecule is [CH2+]CCCS. The summed E-state index contributed by atoms with van der Waals surface area (Å²) in [5.41, 5.74) is 0. The summed E-state index contributed by atoms with van der Waals surface area (Å²) in [5, 5.41) is 0. The van der Waals surface area contributed by atoms with E-state index in [-0.39, 0.29) is 0 Å². The quantitative estimate of drug-likeness (QED) is 0.385. The van der Waals surface area contributed by atoms with E-state index in [2.05, 4.69) is 19.6 Å². The van der Waals surface area contributed by atoms with Gasteiger partial charge in [0.25, 0.3) is 0 Å². The molecule has 0 unspecified atom stereocenters. The highest BCUT2D eigenvalue weighted by atomic mass is 32.1. The molecule has 0 aliphatic rings. The van der Waals surface area contributed by atoms with Gasteiger partial charge in [-0.15, -0.1) is 0 Å². The maximum atomic E-state index is 3.96. The van der Waals surface area contributed by atoms with Crippen LogP contribution in [0, 0.1) is 6.92 Å². The van der Waals surface area contributed by atoms with Crippen molar-refractivity contribution in [1.82, 2.24) is 0 Å². The van der Waals surface area contributed by atoms with Crippen LogP contribution in [0.4, 0.5) is 0 Å². The van der Waals surface area contributed by atoms with Gasteiger partial charge in [-0.2, -0.15) is 12.6 Å². The lowest BCUT2D eigenvalue weighted by Crippen LogP contribution is -1.65. The number of hydrogen-bond acceptors (Lipinski definition) is 1. The molecule has 0 fully saturated rings. The fraction of sp³-hybridized carbons (Fsp3) is 0.750. The predicted molar refractivity (Wildman–Crippen MR) is 28.4 cm³/mol. The molecule has 0 aromatic rings. The number of unbranched alkanes of at least 4 members (excludes halogenated alkanes) is 1. The van der Waals surface area contributed by atoms with E-state index in [9.17, 15) is 0 Å². The summed E-state index contributed by atoms with van der Waals surface area (Å²) in [7, 11) is 0. The summed E-state index contributed by atoms with van der Waals surface area (Å²) >= 11 is 3.96. The second kappa shape index (κ2) is 4.22. The summed E-state index contributed by atoms with van der Waals surface area (Å²) in [6.45, 7) is 3.63. The fourth-order valence-electron chi connectivity index (χ4n) is 0.112. The van der Waals surface area contributed by atoms with Crippen molar-refractivity contribution in [3.8, 4) is 0 Å². The van der Waals surface area contributed by atoms with Gasteiger partial charge in [-0.1, -0.05) is 0 Å². The molecule has 1 heteroatoms.